The minimum atomic E-state index is -0.786. The van der Waals surface area contributed by atoms with Crippen LogP contribution in [0, 0.1) is 0 Å². The Morgan fingerprint density at radius 2 is 1.71 bits per heavy atom. The first-order valence-electron chi connectivity index (χ1n) is 8.16. The van der Waals surface area contributed by atoms with Crippen molar-refractivity contribution in [1.29, 1.82) is 0 Å². The lowest BCUT2D eigenvalue weighted by Gasteiger charge is -2.22. The molecule has 2 aromatic rings. The van der Waals surface area contributed by atoms with Crippen molar-refractivity contribution in [2.24, 2.45) is 0 Å². The first kappa shape index (κ1) is 13.7. The minimum Gasteiger partial charge on any atom is -0.491 e. The number of para-hydroxylation sites is 1. The third-order valence-electron chi connectivity index (χ3n) is 5.15. The van der Waals surface area contributed by atoms with Crippen LogP contribution in [0.15, 0.2) is 36.4 Å². The van der Waals surface area contributed by atoms with E-state index < -0.39 is 5.41 Å². The van der Waals surface area contributed by atoms with Crippen LogP contribution in [0.1, 0.15) is 17.5 Å². The fraction of sp³-hybridized carbons (Fsp3) is 0.316. The topological polar surface area (TPSA) is 48.0 Å². The summed E-state index contributed by atoms with van der Waals surface area (Å²) in [6.45, 7) is 1.55. The molecule has 1 atom stereocenters. The van der Waals surface area contributed by atoms with E-state index in [9.17, 15) is 4.79 Å². The minimum absolute atomic E-state index is 0.0388. The highest BCUT2D eigenvalue weighted by molar-refractivity contribution is 6.11. The van der Waals surface area contributed by atoms with Gasteiger partial charge in [-0.05, 0) is 17.7 Å². The van der Waals surface area contributed by atoms with E-state index in [0.29, 0.717) is 37.1 Å². The molecule has 1 unspecified atom stereocenters. The van der Waals surface area contributed by atoms with Crippen LogP contribution in [0.3, 0.4) is 0 Å². The standard InChI is InChI=1S/C19H17NO4/c1-20-14-6-3-2-5-12(14)19(18(20)21)11-24-15-10-17-16(9-13(15)19)22-7-4-8-23-17/h2-3,5-6,9-10H,4,7-8,11H2,1H3. The van der Waals surface area contributed by atoms with Gasteiger partial charge >= 0.3 is 0 Å². The van der Waals surface area contributed by atoms with Crippen LogP contribution in [0.2, 0.25) is 0 Å². The quantitative estimate of drug-likeness (QED) is 0.747. The predicted molar refractivity (Wildman–Crippen MR) is 88.2 cm³/mol. The summed E-state index contributed by atoms with van der Waals surface area (Å²) < 4.78 is 17.5. The molecule has 3 aliphatic rings. The van der Waals surface area contributed by atoms with Crippen LogP contribution >= 0.6 is 0 Å². The van der Waals surface area contributed by atoms with Crippen LogP contribution < -0.4 is 19.1 Å². The van der Waals surface area contributed by atoms with Crippen LogP contribution in [-0.2, 0) is 10.2 Å². The zero-order valence-electron chi connectivity index (χ0n) is 13.4. The second-order valence-corrected chi connectivity index (χ2v) is 6.42. The number of carbonyl (C=O) groups is 1. The van der Waals surface area contributed by atoms with Crippen molar-refractivity contribution >= 4 is 11.6 Å². The number of hydrogen-bond acceptors (Lipinski definition) is 4. The van der Waals surface area contributed by atoms with Gasteiger partial charge in [-0.1, -0.05) is 18.2 Å². The second kappa shape index (κ2) is 4.66. The molecule has 0 bridgehead atoms. The molecule has 0 radical (unpaired) electrons. The van der Waals surface area contributed by atoms with Gasteiger partial charge in [0.05, 0.1) is 13.2 Å². The Bertz CT molecular complexity index is 862. The van der Waals surface area contributed by atoms with Crippen LogP contribution in [0.4, 0.5) is 5.69 Å². The van der Waals surface area contributed by atoms with Gasteiger partial charge in [-0.3, -0.25) is 4.79 Å². The van der Waals surface area contributed by atoms with Gasteiger partial charge < -0.3 is 19.1 Å². The van der Waals surface area contributed by atoms with Crippen molar-refractivity contribution in [2.75, 3.05) is 31.8 Å². The van der Waals surface area contributed by atoms with Crippen LogP contribution in [-0.4, -0.2) is 32.8 Å². The fourth-order valence-corrected chi connectivity index (χ4v) is 3.94. The molecule has 0 saturated heterocycles. The monoisotopic (exact) mass is 323 g/mol. The smallest absolute Gasteiger partial charge is 0.245 e. The van der Waals surface area contributed by atoms with Gasteiger partial charge in [0, 0.05) is 30.8 Å². The molecular weight excluding hydrogens is 306 g/mol. The highest BCUT2D eigenvalue weighted by atomic mass is 16.5. The summed E-state index contributed by atoms with van der Waals surface area (Å²) in [5, 5.41) is 0. The summed E-state index contributed by atoms with van der Waals surface area (Å²) in [5.74, 6) is 2.13. The number of benzene rings is 2. The number of nitrogens with zero attached hydrogens (tertiary/aromatic N) is 1. The number of hydrogen-bond donors (Lipinski definition) is 0. The summed E-state index contributed by atoms with van der Waals surface area (Å²) in [4.78, 5) is 14.9. The van der Waals surface area contributed by atoms with Crippen molar-refractivity contribution < 1.29 is 19.0 Å². The van der Waals surface area contributed by atoms with E-state index in [1.165, 1.54) is 0 Å². The third kappa shape index (κ3) is 1.57. The molecule has 2 aromatic carbocycles. The van der Waals surface area contributed by atoms with Crippen LogP contribution in [0.5, 0.6) is 17.2 Å². The highest BCUT2D eigenvalue weighted by Gasteiger charge is 2.56. The SMILES string of the molecule is CN1C(=O)C2(COc3cc4c(cc32)OCCCO4)c2ccccc21. The molecule has 122 valence electrons. The molecule has 24 heavy (non-hydrogen) atoms. The summed E-state index contributed by atoms with van der Waals surface area (Å²) in [7, 11) is 1.82. The van der Waals surface area contributed by atoms with Gasteiger partial charge in [-0.25, -0.2) is 0 Å². The Hall–Kier alpha value is -2.69. The van der Waals surface area contributed by atoms with E-state index in [0.717, 1.165) is 23.2 Å². The molecular formula is C19H17NO4. The lowest BCUT2D eigenvalue weighted by Crippen LogP contribution is -2.40. The van der Waals surface area contributed by atoms with E-state index in [2.05, 4.69) is 0 Å². The molecule has 5 nitrogen and oxygen atoms in total. The maximum Gasteiger partial charge on any atom is 0.245 e. The van der Waals surface area contributed by atoms with E-state index in [-0.39, 0.29) is 5.91 Å². The van der Waals surface area contributed by atoms with E-state index in [4.69, 9.17) is 14.2 Å². The number of fused-ring (bicyclic) bond motifs is 5. The molecule has 0 aliphatic carbocycles. The Balaban J connectivity index is 1.74. The molecule has 1 amide bonds. The average Bonchev–Trinajstić information content (AvgIpc) is 2.95. The van der Waals surface area contributed by atoms with E-state index in [1.807, 2.05) is 43.4 Å². The van der Waals surface area contributed by atoms with E-state index in [1.54, 1.807) is 4.90 Å². The molecule has 3 heterocycles. The van der Waals surface area contributed by atoms with Gasteiger partial charge in [-0.2, -0.15) is 0 Å². The molecule has 0 saturated carbocycles. The summed E-state index contributed by atoms with van der Waals surface area (Å²) in [6, 6.07) is 11.7. The van der Waals surface area contributed by atoms with Crippen molar-refractivity contribution in [3.05, 3.63) is 47.5 Å². The lowest BCUT2D eigenvalue weighted by atomic mass is 9.77. The first-order valence-corrected chi connectivity index (χ1v) is 8.16. The zero-order chi connectivity index (χ0) is 16.3. The van der Waals surface area contributed by atoms with E-state index >= 15 is 0 Å². The number of ether oxygens (including phenoxy) is 3. The predicted octanol–water partition coefficient (Wildman–Crippen LogP) is 2.50. The molecule has 3 aliphatic heterocycles. The molecule has 0 fully saturated rings. The number of rotatable bonds is 0. The summed E-state index contributed by atoms with van der Waals surface area (Å²) in [6.07, 6.45) is 0.843. The Morgan fingerprint density at radius 3 is 2.54 bits per heavy atom. The molecule has 5 rings (SSSR count). The maximum atomic E-state index is 13.2. The van der Waals surface area contributed by atoms with Gasteiger partial charge in [0.1, 0.15) is 17.8 Å². The van der Waals surface area contributed by atoms with Crippen molar-refractivity contribution in [2.45, 2.75) is 11.8 Å². The fourth-order valence-electron chi connectivity index (χ4n) is 3.94. The highest BCUT2D eigenvalue weighted by Crippen LogP contribution is 2.54. The molecule has 0 aromatic heterocycles. The molecule has 1 spiro atoms. The first-order chi connectivity index (χ1) is 11.7. The zero-order valence-corrected chi connectivity index (χ0v) is 13.4. The largest absolute Gasteiger partial charge is 0.491 e. The van der Waals surface area contributed by atoms with Gasteiger partial charge in [0.25, 0.3) is 0 Å². The van der Waals surface area contributed by atoms with Gasteiger partial charge in [0.15, 0.2) is 11.5 Å². The normalized spacial score (nSPS) is 23.7. The molecule has 5 heteroatoms. The third-order valence-corrected chi connectivity index (χ3v) is 5.15. The number of likely N-dealkylation sites (N-methyl/N-ethyl adjacent to an activating group) is 1. The lowest BCUT2D eigenvalue weighted by molar-refractivity contribution is -0.121. The van der Waals surface area contributed by atoms with Crippen LogP contribution in [0.25, 0.3) is 0 Å². The average molecular weight is 323 g/mol. The maximum absolute atomic E-state index is 13.2. The number of anilines is 1. The number of carbonyl (C=O) groups excluding carboxylic acids is 1. The second-order valence-electron chi connectivity index (χ2n) is 6.42. The van der Waals surface area contributed by atoms with Crippen molar-refractivity contribution in [3.63, 3.8) is 0 Å². The van der Waals surface area contributed by atoms with Gasteiger partial charge in [0.2, 0.25) is 5.91 Å². The van der Waals surface area contributed by atoms with Crippen molar-refractivity contribution in [1.82, 2.24) is 0 Å². The summed E-state index contributed by atoms with van der Waals surface area (Å²) in [5.41, 5.74) is 2.01. The summed E-state index contributed by atoms with van der Waals surface area (Å²) >= 11 is 0. The Labute approximate surface area is 139 Å². The van der Waals surface area contributed by atoms with Crippen molar-refractivity contribution in [3.8, 4) is 17.2 Å². The van der Waals surface area contributed by atoms with Gasteiger partial charge in [-0.15, -0.1) is 0 Å². The Kier molecular flexibility index (Phi) is 2.66. The number of amides is 1. The molecule has 0 N–H and O–H groups in total. The Morgan fingerprint density at radius 1 is 0.958 bits per heavy atom.